The molecule has 0 radical (unpaired) electrons. The smallest absolute Gasteiger partial charge is 0.295 e. The van der Waals surface area contributed by atoms with Crippen LogP contribution in [0.3, 0.4) is 0 Å². The Kier molecular flexibility index (Phi) is 5.85. The summed E-state index contributed by atoms with van der Waals surface area (Å²) in [6.07, 6.45) is 0. The number of hydrogen-bond acceptors (Lipinski definition) is 7. The van der Waals surface area contributed by atoms with Crippen molar-refractivity contribution in [1.29, 1.82) is 0 Å². The second-order valence-corrected chi connectivity index (χ2v) is 10.6. The van der Waals surface area contributed by atoms with Crippen molar-refractivity contribution in [2.45, 2.75) is 14.7 Å². The van der Waals surface area contributed by atoms with Gasteiger partial charge in [0.15, 0.2) is 19.7 Å². The van der Waals surface area contributed by atoms with Gasteiger partial charge in [-0.1, -0.05) is 19.2 Å². The zero-order valence-electron chi connectivity index (χ0n) is 14.6. The summed E-state index contributed by atoms with van der Waals surface area (Å²) < 4.78 is 87.2. The molecule has 150 valence electrons. The van der Waals surface area contributed by atoms with E-state index < -0.39 is 39.6 Å². The lowest BCUT2D eigenvalue weighted by Crippen LogP contribution is -2.06. The van der Waals surface area contributed by atoms with Crippen LogP contribution < -0.4 is 4.74 Å². The van der Waals surface area contributed by atoms with Gasteiger partial charge in [0.05, 0.1) is 16.9 Å². The highest BCUT2D eigenvalue weighted by Gasteiger charge is 2.25. The molecule has 28 heavy (non-hydrogen) atoms. The van der Waals surface area contributed by atoms with Gasteiger partial charge < -0.3 is 4.74 Å². The van der Waals surface area contributed by atoms with Crippen molar-refractivity contribution in [3.8, 4) is 16.9 Å². The Morgan fingerprint density at radius 2 is 1.43 bits per heavy atom. The van der Waals surface area contributed by atoms with Crippen molar-refractivity contribution < 1.29 is 34.5 Å². The highest BCUT2D eigenvalue weighted by molar-refractivity contribution is 7.94. The summed E-state index contributed by atoms with van der Waals surface area (Å²) in [7, 11) is -11.6. The summed E-state index contributed by atoms with van der Waals surface area (Å²) in [6, 6.07) is 6.67. The minimum Gasteiger partial charge on any atom is -0.497 e. The lowest BCUT2D eigenvalue weighted by atomic mass is 10.1. The maximum absolute atomic E-state index is 12.3. The predicted molar refractivity (Wildman–Crippen MR) is 103 cm³/mol. The van der Waals surface area contributed by atoms with Crippen LogP contribution in [0.4, 0.5) is 0 Å². The Labute approximate surface area is 163 Å². The molecule has 0 unspecified atom stereocenters. The van der Waals surface area contributed by atoms with Gasteiger partial charge >= 0.3 is 0 Å². The summed E-state index contributed by atoms with van der Waals surface area (Å²) in [4.78, 5) is -1.52. The number of benzene rings is 2. The highest BCUT2D eigenvalue weighted by atomic mass is 32.2. The normalized spacial score (nSPS) is 12.4. The van der Waals surface area contributed by atoms with E-state index in [1.165, 1.54) is 25.3 Å². The minimum absolute atomic E-state index is 0.116. The fourth-order valence-electron chi connectivity index (χ4n) is 2.40. The molecule has 0 bridgehead atoms. The zero-order chi connectivity index (χ0) is 21.3. The average Bonchev–Trinajstić information content (AvgIpc) is 2.66. The van der Waals surface area contributed by atoms with Crippen molar-refractivity contribution in [2.24, 2.45) is 0 Å². The second kappa shape index (κ2) is 7.51. The van der Waals surface area contributed by atoms with Crippen LogP contribution in [-0.2, 0) is 29.8 Å². The summed E-state index contributed by atoms with van der Waals surface area (Å²) in [5.74, 6) is 0.210. The molecule has 0 spiro atoms. The van der Waals surface area contributed by atoms with E-state index in [9.17, 15) is 29.8 Å². The molecule has 0 aliphatic rings. The summed E-state index contributed by atoms with van der Waals surface area (Å²) in [5, 5.41) is 1.30. The van der Waals surface area contributed by atoms with Crippen LogP contribution in [-0.4, -0.2) is 36.9 Å². The van der Waals surface area contributed by atoms with Gasteiger partial charge in [0.1, 0.15) is 10.6 Å². The average molecular weight is 445 g/mol. The van der Waals surface area contributed by atoms with E-state index in [1.807, 2.05) is 0 Å². The molecule has 11 heteroatoms. The molecule has 0 amide bonds. The van der Waals surface area contributed by atoms with E-state index in [4.69, 9.17) is 4.74 Å². The number of hydrogen-bond donors (Lipinski definition) is 1. The quantitative estimate of drug-likeness (QED) is 0.644. The fraction of sp³-hybridized carbons (Fsp3) is 0.0588. The Balaban J connectivity index is 3.00. The van der Waals surface area contributed by atoms with Gasteiger partial charge in [-0.25, -0.2) is 16.8 Å². The number of ether oxygens (including phenoxy) is 1. The minimum atomic E-state index is -4.92. The topological polar surface area (TPSA) is 132 Å². The first kappa shape index (κ1) is 21.8. The largest absolute Gasteiger partial charge is 0.497 e. The first-order chi connectivity index (χ1) is 12.9. The summed E-state index contributed by atoms with van der Waals surface area (Å²) in [6.45, 7) is 6.39. The van der Waals surface area contributed by atoms with Crippen molar-refractivity contribution in [2.75, 3.05) is 7.11 Å². The maximum atomic E-state index is 12.3. The van der Waals surface area contributed by atoms with E-state index in [0.29, 0.717) is 10.8 Å². The van der Waals surface area contributed by atoms with Crippen LogP contribution in [0.1, 0.15) is 0 Å². The molecule has 0 saturated heterocycles. The second-order valence-electron chi connectivity index (χ2n) is 5.42. The Hall–Kier alpha value is -2.47. The van der Waals surface area contributed by atoms with Gasteiger partial charge in [-0.2, -0.15) is 8.42 Å². The molecule has 0 aliphatic heterocycles. The lowest BCUT2D eigenvalue weighted by Gasteiger charge is -2.14. The fourth-order valence-corrected chi connectivity index (χ4v) is 4.85. The number of methoxy groups -OCH3 is 1. The first-order valence-corrected chi connectivity index (χ1v) is 12.0. The van der Waals surface area contributed by atoms with Crippen LogP contribution in [0.25, 0.3) is 11.1 Å². The van der Waals surface area contributed by atoms with Crippen molar-refractivity contribution in [3.05, 3.63) is 60.4 Å². The SMILES string of the molecule is C=CS(=O)(=O)c1ccc(-c2cc(OC)ccc2S(=O)(=O)C=C)c(S(=O)(=O)O)c1. The predicted octanol–water partition coefficient (Wildman–Crippen LogP) is 2.44. The highest BCUT2D eigenvalue weighted by Crippen LogP contribution is 2.37. The third-order valence-electron chi connectivity index (χ3n) is 3.78. The van der Waals surface area contributed by atoms with Gasteiger partial charge in [-0.05, 0) is 30.3 Å². The molecule has 2 rings (SSSR count). The van der Waals surface area contributed by atoms with Gasteiger partial charge in [-0.3, -0.25) is 4.55 Å². The van der Waals surface area contributed by atoms with E-state index >= 15 is 0 Å². The van der Waals surface area contributed by atoms with Gasteiger partial charge in [0.25, 0.3) is 10.1 Å². The van der Waals surface area contributed by atoms with Crippen molar-refractivity contribution in [1.82, 2.24) is 0 Å². The monoisotopic (exact) mass is 444 g/mol. The summed E-state index contributed by atoms with van der Waals surface area (Å²) >= 11 is 0. The lowest BCUT2D eigenvalue weighted by molar-refractivity contribution is 0.414. The molecule has 0 aliphatic carbocycles. The molecule has 0 fully saturated rings. The van der Waals surface area contributed by atoms with Crippen LogP contribution in [0, 0.1) is 0 Å². The third kappa shape index (κ3) is 4.17. The first-order valence-electron chi connectivity index (χ1n) is 7.42. The van der Waals surface area contributed by atoms with Crippen molar-refractivity contribution in [3.63, 3.8) is 0 Å². The Morgan fingerprint density at radius 3 is 1.93 bits per heavy atom. The number of sulfone groups is 2. The zero-order valence-corrected chi connectivity index (χ0v) is 17.0. The standard InChI is InChI=1S/C17H16O8S3/c1-4-26(18,19)13-7-8-14(17(11-13)28(22,23)24)15-10-12(25-3)6-9-16(15)27(20,21)5-2/h4-11H,1-2H2,3H3,(H,22,23,24). The van der Waals surface area contributed by atoms with Gasteiger partial charge in [-0.15, -0.1) is 0 Å². The van der Waals surface area contributed by atoms with Crippen LogP contribution in [0.2, 0.25) is 0 Å². The molecule has 1 N–H and O–H groups in total. The molecule has 0 heterocycles. The van der Waals surface area contributed by atoms with Crippen LogP contribution in [0.5, 0.6) is 5.75 Å². The van der Waals surface area contributed by atoms with E-state index in [0.717, 1.165) is 18.2 Å². The third-order valence-corrected chi connectivity index (χ3v) is 7.43. The molecule has 2 aromatic rings. The maximum Gasteiger partial charge on any atom is 0.295 e. The van der Waals surface area contributed by atoms with Gasteiger partial charge in [0.2, 0.25) is 0 Å². The van der Waals surface area contributed by atoms with E-state index in [1.54, 1.807) is 0 Å². The molecule has 8 nitrogen and oxygen atoms in total. The number of rotatable bonds is 7. The van der Waals surface area contributed by atoms with Crippen LogP contribution in [0.15, 0.2) is 75.1 Å². The molecule has 0 aromatic heterocycles. The van der Waals surface area contributed by atoms with E-state index in [-0.39, 0.29) is 21.8 Å². The molecule has 0 atom stereocenters. The van der Waals surface area contributed by atoms with Crippen molar-refractivity contribution >= 4 is 29.8 Å². The Bertz CT molecular complexity index is 1270. The summed E-state index contributed by atoms with van der Waals surface area (Å²) in [5.41, 5.74) is -0.348. The molecule has 0 saturated carbocycles. The molecular weight excluding hydrogens is 428 g/mol. The molecule has 2 aromatic carbocycles. The Morgan fingerprint density at radius 1 is 0.821 bits per heavy atom. The van der Waals surface area contributed by atoms with Crippen LogP contribution >= 0.6 is 0 Å². The van der Waals surface area contributed by atoms with E-state index in [2.05, 4.69) is 13.2 Å². The van der Waals surface area contributed by atoms with Gasteiger partial charge in [0, 0.05) is 21.9 Å². The molecular formula is C17H16O8S3.